The highest BCUT2D eigenvalue weighted by atomic mass is 16.5. The van der Waals surface area contributed by atoms with E-state index in [1.165, 1.54) is 6.08 Å². The summed E-state index contributed by atoms with van der Waals surface area (Å²) in [5, 5.41) is 0. The van der Waals surface area contributed by atoms with Crippen molar-refractivity contribution in [3.63, 3.8) is 0 Å². The molecule has 1 aromatic heterocycles. The zero-order chi connectivity index (χ0) is 11.8. The fourth-order valence-electron chi connectivity index (χ4n) is 1.28. The Balaban J connectivity index is 2.63. The van der Waals surface area contributed by atoms with Gasteiger partial charge in [0.05, 0.1) is 18.8 Å². The van der Waals surface area contributed by atoms with Crippen LogP contribution in [0, 0.1) is 0 Å². The Morgan fingerprint density at radius 2 is 2.44 bits per heavy atom. The maximum absolute atomic E-state index is 11.5. The molecule has 4 heteroatoms. The fourth-order valence-corrected chi connectivity index (χ4v) is 1.28. The third-order valence-corrected chi connectivity index (χ3v) is 2.13. The first kappa shape index (κ1) is 12.4. The van der Waals surface area contributed by atoms with Gasteiger partial charge in [0.25, 0.3) is 0 Å². The number of ether oxygens (including phenoxy) is 1. The van der Waals surface area contributed by atoms with Crippen molar-refractivity contribution in [3.05, 3.63) is 42.7 Å². The van der Waals surface area contributed by atoms with Crippen LogP contribution in [0.15, 0.2) is 37.1 Å². The average Bonchev–Trinajstić information content (AvgIpc) is 2.34. The monoisotopic (exact) mass is 220 g/mol. The number of hydrogen-bond acceptors (Lipinski definition) is 3. The second-order valence-electron chi connectivity index (χ2n) is 3.28. The molecule has 0 fully saturated rings. The van der Waals surface area contributed by atoms with E-state index in [2.05, 4.69) is 11.6 Å². The minimum absolute atomic E-state index is 0.109. The average molecular weight is 220 g/mol. The molecule has 86 valence electrons. The summed E-state index contributed by atoms with van der Waals surface area (Å²) in [5.74, 6) is -0.109. The Bertz CT molecular complexity index is 338. The Morgan fingerprint density at radius 1 is 1.62 bits per heavy atom. The first-order chi connectivity index (χ1) is 7.77. The Hall–Kier alpha value is -1.68. The van der Waals surface area contributed by atoms with Crippen LogP contribution in [0.2, 0.25) is 0 Å². The highest BCUT2D eigenvalue weighted by Crippen LogP contribution is 2.01. The van der Waals surface area contributed by atoms with Crippen molar-refractivity contribution in [1.82, 2.24) is 9.88 Å². The van der Waals surface area contributed by atoms with E-state index in [0.29, 0.717) is 19.7 Å². The smallest absolute Gasteiger partial charge is 0.246 e. The predicted molar refractivity (Wildman–Crippen MR) is 61.7 cm³/mol. The van der Waals surface area contributed by atoms with E-state index in [4.69, 9.17) is 4.74 Å². The van der Waals surface area contributed by atoms with Crippen LogP contribution in [-0.2, 0) is 16.1 Å². The third-order valence-electron chi connectivity index (χ3n) is 2.13. The van der Waals surface area contributed by atoms with Crippen LogP contribution in [0.1, 0.15) is 5.69 Å². The number of aromatic nitrogens is 1. The Kier molecular flexibility index (Phi) is 5.22. The van der Waals surface area contributed by atoms with E-state index in [1.807, 2.05) is 18.2 Å². The van der Waals surface area contributed by atoms with E-state index in [9.17, 15) is 4.79 Å². The second kappa shape index (κ2) is 6.74. The molecule has 0 bridgehead atoms. The van der Waals surface area contributed by atoms with Crippen molar-refractivity contribution >= 4 is 5.91 Å². The molecule has 16 heavy (non-hydrogen) atoms. The molecule has 0 aliphatic rings. The normalized spacial score (nSPS) is 9.81. The van der Waals surface area contributed by atoms with Crippen LogP contribution < -0.4 is 0 Å². The Labute approximate surface area is 95.6 Å². The molecular weight excluding hydrogens is 204 g/mol. The lowest BCUT2D eigenvalue weighted by molar-refractivity contribution is -0.127. The molecule has 1 amide bonds. The van der Waals surface area contributed by atoms with Crippen LogP contribution in [-0.4, -0.2) is 36.1 Å². The van der Waals surface area contributed by atoms with Crippen LogP contribution in [0.25, 0.3) is 0 Å². The van der Waals surface area contributed by atoms with Crippen molar-refractivity contribution in [3.8, 4) is 0 Å². The number of carbonyl (C=O) groups excluding carboxylic acids is 1. The summed E-state index contributed by atoms with van der Waals surface area (Å²) < 4.78 is 4.96. The number of methoxy groups -OCH3 is 1. The van der Waals surface area contributed by atoms with Gasteiger partial charge in [-0.25, -0.2) is 0 Å². The topological polar surface area (TPSA) is 42.4 Å². The molecule has 0 aromatic carbocycles. The molecule has 0 saturated heterocycles. The van der Waals surface area contributed by atoms with Crippen molar-refractivity contribution in [2.24, 2.45) is 0 Å². The van der Waals surface area contributed by atoms with Gasteiger partial charge in [0, 0.05) is 19.9 Å². The summed E-state index contributed by atoms with van der Waals surface area (Å²) >= 11 is 0. The summed E-state index contributed by atoms with van der Waals surface area (Å²) in [4.78, 5) is 17.4. The van der Waals surface area contributed by atoms with Crippen LogP contribution in [0.5, 0.6) is 0 Å². The maximum atomic E-state index is 11.5. The molecule has 1 rings (SSSR count). The standard InChI is InChI=1S/C12H16N2O2/c1-3-12(15)14(8-9-16-2)10-11-6-4-5-7-13-11/h3-7H,1,8-10H2,2H3. The summed E-state index contributed by atoms with van der Waals surface area (Å²) in [5.41, 5.74) is 0.855. The SMILES string of the molecule is C=CC(=O)N(CCOC)Cc1ccccn1. The molecule has 0 spiro atoms. The number of rotatable bonds is 6. The highest BCUT2D eigenvalue weighted by Gasteiger charge is 2.10. The number of nitrogens with zero attached hydrogens (tertiary/aromatic N) is 2. The Morgan fingerprint density at radius 3 is 3.00 bits per heavy atom. The minimum atomic E-state index is -0.109. The van der Waals surface area contributed by atoms with Gasteiger partial charge in [0.2, 0.25) is 5.91 Å². The third kappa shape index (κ3) is 3.82. The van der Waals surface area contributed by atoms with Gasteiger partial charge in [-0.2, -0.15) is 0 Å². The van der Waals surface area contributed by atoms with Crippen molar-refractivity contribution in [1.29, 1.82) is 0 Å². The summed E-state index contributed by atoms with van der Waals surface area (Å²) in [6, 6.07) is 5.63. The number of hydrogen-bond donors (Lipinski definition) is 0. The first-order valence-corrected chi connectivity index (χ1v) is 5.08. The van der Waals surface area contributed by atoms with Gasteiger partial charge in [0.1, 0.15) is 0 Å². The van der Waals surface area contributed by atoms with E-state index in [1.54, 1.807) is 18.2 Å². The second-order valence-corrected chi connectivity index (χ2v) is 3.28. The fraction of sp³-hybridized carbons (Fsp3) is 0.333. The maximum Gasteiger partial charge on any atom is 0.246 e. The molecular formula is C12H16N2O2. The zero-order valence-corrected chi connectivity index (χ0v) is 9.43. The molecule has 0 aliphatic heterocycles. The van der Waals surface area contributed by atoms with Gasteiger partial charge < -0.3 is 9.64 Å². The molecule has 0 aliphatic carbocycles. The molecule has 1 aromatic rings. The number of amides is 1. The van der Waals surface area contributed by atoms with Crippen LogP contribution in [0.4, 0.5) is 0 Å². The van der Waals surface area contributed by atoms with Gasteiger partial charge >= 0.3 is 0 Å². The molecule has 4 nitrogen and oxygen atoms in total. The molecule has 0 radical (unpaired) electrons. The molecule has 0 unspecified atom stereocenters. The van der Waals surface area contributed by atoms with Crippen molar-refractivity contribution in [2.75, 3.05) is 20.3 Å². The van der Waals surface area contributed by atoms with E-state index < -0.39 is 0 Å². The van der Waals surface area contributed by atoms with Crippen molar-refractivity contribution in [2.45, 2.75) is 6.54 Å². The van der Waals surface area contributed by atoms with Crippen LogP contribution >= 0.6 is 0 Å². The first-order valence-electron chi connectivity index (χ1n) is 5.08. The van der Waals surface area contributed by atoms with Gasteiger partial charge in [-0.1, -0.05) is 12.6 Å². The van der Waals surface area contributed by atoms with Gasteiger partial charge in [-0.3, -0.25) is 9.78 Å². The zero-order valence-electron chi connectivity index (χ0n) is 9.43. The number of carbonyl (C=O) groups is 1. The minimum Gasteiger partial charge on any atom is -0.383 e. The lowest BCUT2D eigenvalue weighted by Gasteiger charge is -2.20. The quantitative estimate of drug-likeness (QED) is 0.677. The van der Waals surface area contributed by atoms with Gasteiger partial charge in [0.15, 0.2) is 0 Å². The summed E-state index contributed by atoms with van der Waals surface area (Å²) in [7, 11) is 1.61. The molecule has 1 heterocycles. The predicted octanol–water partition coefficient (Wildman–Crippen LogP) is 1.24. The van der Waals surface area contributed by atoms with E-state index in [-0.39, 0.29) is 5.91 Å². The van der Waals surface area contributed by atoms with Gasteiger partial charge in [-0.05, 0) is 18.2 Å². The molecule has 0 atom stereocenters. The van der Waals surface area contributed by atoms with Gasteiger partial charge in [-0.15, -0.1) is 0 Å². The van der Waals surface area contributed by atoms with Crippen molar-refractivity contribution < 1.29 is 9.53 Å². The summed E-state index contributed by atoms with van der Waals surface area (Å²) in [6.45, 7) is 5.01. The number of pyridine rings is 1. The lowest BCUT2D eigenvalue weighted by Crippen LogP contribution is -2.32. The van der Waals surface area contributed by atoms with E-state index in [0.717, 1.165) is 5.69 Å². The molecule has 0 N–H and O–H groups in total. The highest BCUT2D eigenvalue weighted by molar-refractivity contribution is 5.86. The van der Waals surface area contributed by atoms with E-state index >= 15 is 0 Å². The largest absolute Gasteiger partial charge is 0.383 e. The molecule has 0 saturated carbocycles. The summed E-state index contributed by atoms with van der Waals surface area (Å²) in [6.07, 6.45) is 3.01. The van der Waals surface area contributed by atoms with Crippen LogP contribution in [0.3, 0.4) is 0 Å². The lowest BCUT2D eigenvalue weighted by atomic mass is 10.3.